The lowest BCUT2D eigenvalue weighted by Crippen LogP contribution is -2.34. The van der Waals surface area contributed by atoms with Gasteiger partial charge in [-0.15, -0.1) is 12.4 Å². The predicted octanol–water partition coefficient (Wildman–Crippen LogP) is 0.955. The Balaban J connectivity index is 0. The summed E-state index contributed by atoms with van der Waals surface area (Å²) in [4.78, 5) is 2.16. The van der Waals surface area contributed by atoms with E-state index in [4.69, 9.17) is 5.73 Å². The number of rotatable bonds is 3. The summed E-state index contributed by atoms with van der Waals surface area (Å²) in [7, 11) is 4.13. The van der Waals surface area contributed by atoms with Gasteiger partial charge >= 0.3 is 0 Å². The van der Waals surface area contributed by atoms with Crippen molar-refractivity contribution < 1.29 is 0 Å². The number of nitrogens with two attached hydrogens (primary N) is 1. The van der Waals surface area contributed by atoms with E-state index in [9.17, 15) is 0 Å². The van der Waals surface area contributed by atoms with Crippen LogP contribution in [-0.2, 0) is 0 Å². The van der Waals surface area contributed by atoms with Crippen LogP contribution in [0.15, 0.2) is 0 Å². The molecule has 0 fully saturated rings. The van der Waals surface area contributed by atoms with Gasteiger partial charge in [-0.1, -0.05) is 13.8 Å². The maximum Gasteiger partial charge on any atom is 0.00387 e. The van der Waals surface area contributed by atoms with Crippen LogP contribution < -0.4 is 5.73 Å². The fourth-order valence-corrected chi connectivity index (χ4v) is 0.921. The van der Waals surface area contributed by atoms with E-state index >= 15 is 0 Å². The molecular formula is C7H19ClN2. The zero-order valence-electron chi connectivity index (χ0n) is 7.35. The standard InChI is InChI=1S/C7H18N2.ClH/c1-7(2,5-8)6-9(3)4;/h5-6,8H2,1-4H3;1H. The molecule has 10 heavy (non-hydrogen) atoms. The molecule has 0 amide bonds. The largest absolute Gasteiger partial charge is 0.330 e. The molecule has 2 N–H and O–H groups in total. The zero-order chi connectivity index (χ0) is 7.49. The topological polar surface area (TPSA) is 29.3 Å². The van der Waals surface area contributed by atoms with Crippen LogP contribution in [0.4, 0.5) is 0 Å². The zero-order valence-corrected chi connectivity index (χ0v) is 8.16. The predicted molar refractivity (Wildman–Crippen MR) is 48.6 cm³/mol. The molecule has 0 aromatic heterocycles. The van der Waals surface area contributed by atoms with Crippen molar-refractivity contribution >= 4 is 12.4 Å². The highest BCUT2D eigenvalue weighted by Gasteiger charge is 2.15. The van der Waals surface area contributed by atoms with Gasteiger partial charge < -0.3 is 10.6 Å². The number of nitrogens with zero attached hydrogens (tertiary/aromatic N) is 1. The molecule has 0 atom stereocenters. The second kappa shape index (κ2) is 4.94. The third kappa shape index (κ3) is 6.33. The minimum atomic E-state index is 0. The van der Waals surface area contributed by atoms with Crippen molar-refractivity contribution in [3.8, 4) is 0 Å². The number of hydrogen-bond acceptors (Lipinski definition) is 2. The van der Waals surface area contributed by atoms with Crippen molar-refractivity contribution in [1.82, 2.24) is 4.90 Å². The van der Waals surface area contributed by atoms with Gasteiger partial charge in [0.05, 0.1) is 0 Å². The normalized spacial score (nSPS) is 11.4. The first-order valence-electron chi connectivity index (χ1n) is 3.33. The van der Waals surface area contributed by atoms with E-state index < -0.39 is 0 Å². The summed E-state index contributed by atoms with van der Waals surface area (Å²) in [5, 5.41) is 0. The van der Waals surface area contributed by atoms with Gasteiger partial charge in [0.15, 0.2) is 0 Å². The SMILES string of the molecule is CN(C)CC(C)(C)CN.Cl. The maximum atomic E-state index is 5.53. The van der Waals surface area contributed by atoms with E-state index in [1.807, 2.05) is 0 Å². The van der Waals surface area contributed by atoms with Gasteiger partial charge in [0.2, 0.25) is 0 Å². The monoisotopic (exact) mass is 166 g/mol. The second-order valence-electron chi connectivity index (χ2n) is 3.61. The Morgan fingerprint density at radius 3 is 1.80 bits per heavy atom. The van der Waals surface area contributed by atoms with Gasteiger partial charge in [0.25, 0.3) is 0 Å². The Hall–Kier alpha value is 0.210. The summed E-state index contributed by atoms with van der Waals surface area (Å²) in [6.07, 6.45) is 0. The summed E-state index contributed by atoms with van der Waals surface area (Å²) < 4.78 is 0. The fraction of sp³-hybridized carbons (Fsp3) is 1.00. The molecular weight excluding hydrogens is 148 g/mol. The average molecular weight is 167 g/mol. The van der Waals surface area contributed by atoms with E-state index in [1.54, 1.807) is 0 Å². The molecule has 0 rings (SSSR count). The average Bonchev–Trinajstić information content (AvgIpc) is 1.63. The molecule has 0 spiro atoms. The van der Waals surface area contributed by atoms with Gasteiger partial charge in [-0.2, -0.15) is 0 Å². The highest BCUT2D eigenvalue weighted by molar-refractivity contribution is 5.85. The minimum Gasteiger partial charge on any atom is -0.330 e. The lowest BCUT2D eigenvalue weighted by Gasteiger charge is -2.26. The van der Waals surface area contributed by atoms with Crippen molar-refractivity contribution in [3.63, 3.8) is 0 Å². The van der Waals surface area contributed by atoms with E-state index in [2.05, 4.69) is 32.8 Å². The minimum absolute atomic E-state index is 0. The molecule has 0 saturated carbocycles. The van der Waals surface area contributed by atoms with Crippen LogP contribution in [0.2, 0.25) is 0 Å². The van der Waals surface area contributed by atoms with Gasteiger partial charge in [-0.05, 0) is 26.1 Å². The third-order valence-electron chi connectivity index (χ3n) is 1.30. The van der Waals surface area contributed by atoms with Crippen molar-refractivity contribution in [2.45, 2.75) is 13.8 Å². The number of hydrogen-bond donors (Lipinski definition) is 1. The van der Waals surface area contributed by atoms with Crippen molar-refractivity contribution in [2.75, 3.05) is 27.2 Å². The maximum absolute atomic E-state index is 5.53. The van der Waals surface area contributed by atoms with Crippen LogP contribution in [-0.4, -0.2) is 32.1 Å². The van der Waals surface area contributed by atoms with E-state index in [-0.39, 0.29) is 17.8 Å². The quantitative estimate of drug-likeness (QED) is 0.677. The Morgan fingerprint density at radius 1 is 1.30 bits per heavy atom. The first-order chi connectivity index (χ1) is 3.98. The molecule has 0 heterocycles. The molecule has 3 heteroatoms. The van der Waals surface area contributed by atoms with Crippen molar-refractivity contribution in [1.29, 1.82) is 0 Å². The molecule has 0 unspecified atom stereocenters. The van der Waals surface area contributed by atoms with E-state index in [1.165, 1.54) is 0 Å². The van der Waals surface area contributed by atoms with Crippen LogP contribution in [0.3, 0.4) is 0 Å². The van der Waals surface area contributed by atoms with Crippen LogP contribution >= 0.6 is 12.4 Å². The summed E-state index contributed by atoms with van der Waals surface area (Å²) >= 11 is 0. The third-order valence-corrected chi connectivity index (χ3v) is 1.30. The van der Waals surface area contributed by atoms with Crippen molar-refractivity contribution in [3.05, 3.63) is 0 Å². The van der Waals surface area contributed by atoms with Gasteiger partial charge in [-0.25, -0.2) is 0 Å². The van der Waals surface area contributed by atoms with Crippen molar-refractivity contribution in [2.24, 2.45) is 11.1 Å². The summed E-state index contributed by atoms with van der Waals surface area (Å²) in [6.45, 7) is 6.16. The highest BCUT2D eigenvalue weighted by atomic mass is 35.5. The smallest absolute Gasteiger partial charge is 0.00387 e. The number of halogens is 1. The summed E-state index contributed by atoms with van der Waals surface area (Å²) in [5.74, 6) is 0. The molecule has 0 aromatic rings. The summed E-state index contributed by atoms with van der Waals surface area (Å²) in [5.41, 5.74) is 5.80. The van der Waals surface area contributed by atoms with Crippen LogP contribution in [0.25, 0.3) is 0 Å². The van der Waals surface area contributed by atoms with Crippen LogP contribution in [0, 0.1) is 5.41 Å². The fourth-order valence-electron chi connectivity index (χ4n) is 0.921. The Morgan fingerprint density at radius 2 is 1.70 bits per heavy atom. The molecule has 0 aliphatic carbocycles. The summed E-state index contributed by atoms with van der Waals surface area (Å²) in [6, 6.07) is 0. The molecule has 64 valence electrons. The molecule has 0 radical (unpaired) electrons. The van der Waals surface area contributed by atoms with E-state index in [0.29, 0.717) is 0 Å². The van der Waals surface area contributed by atoms with E-state index in [0.717, 1.165) is 13.1 Å². The molecule has 0 aliphatic heterocycles. The molecule has 0 saturated heterocycles. The second-order valence-corrected chi connectivity index (χ2v) is 3.61. The van der Waals surface area contributed by atoms with Gasteiger partial charge in [0.1, 0.15) is 0 Å². The lowest BCUT2D eigenvalue weighted by molar-refractivity contribution is 0.248. The molecule has 0 aromatic carbocycles. The van der Waals surface area contributed by atoms with Gasteiger partial charge in [0, 0.05) is 6.54 Å². The van der Waals surface area contributed by atoms with Gasteiger partial charge in [-0.3, -0.25) is 0 Å². The Kier molecular flexibility index (Phi) is 6.35. The first kappa shape index (κ1) is 12.8. The molecule has 0 bridgehead atoms. The Labute approximate surface area is 70.2 Å². The molecule has 0 aliphatic rings. The highest BCUT2D eigenvalue weighted by Crippen LogP contribution is 2.12. The lowest BCUT2D eigenvalue weighted by atomic mass is 9.93. The van der Waals surface area contributed by atoms with Crippen LogP contribution in [0.5, 0.6) is 0 Å². The first-order valence-corrected chi connectivity index (χ1v) is 3.33. The Bertz CT molecular complexity index is 81.7. The molecule has 2 nitrogen and oxygen atoms in total. The van der Waals surface area contributed by atoms with Crippen LogP contribution in [0.1, 0.15) is 13.8 Å².